The second-order valence-corrected chi connectivity index (χ2v) is 4.03. The molecule has 3 N–H and O–H groups in total. The molecule has 2 rings (SSSR count). The quantitative estimate of drug-likeness (QED) is 0.740. The minimum Gasteiger partial charge on any atom is -0.351 e. The summed E-state index contributed by atoms with van der Waals surface area (Å²) in [5.41, 5.74) is 7.00. The Morgan fingerprint density at radius 2 is 2.29 bits per heavy atom. The lowest BCUT2D eigenvalue weighted by atomic mass is 10.2. The third-order valence-electron chi connectivity index (χ3n) is 2.03. The van der Waals surface area contributed by atoms with E-state index in [4.69, 9.17) is 5.73 Å². The standard InChI is InChI=1S/C10H10N2OS/c1-6-5-14-9-3-2-7(4-8(6)9)12-10(11)13/h2-5H,1H3,(H3,11,12,13). The number of carbonyl (C=O) groups is 1. The summed E-state index contributed by atoms with van der Waals surface area (Å²) in [7, 11) is 0. The molecule has 0 radical (unpaired) electrons. The number of primary amides is 1. The third-order valence-corrected chi connectivity index (χ3v) is 3.12. The number of carbonyl (C=O) groups excluding carboxylic acids is 1. The number of urea groups is 1. The Morgan fingerprint density at radius 3 is 3.00 bits per heavy atom. The van der Waals surface area contributed by atoms with Gasteiger partial charge in [0.1, 0.15) is 0 Å². The molecule has 1 heterocycles. The van der Waals surface area contributed by atoms with E-state index in [1.165, 1.54) is 15.6 Å². The Morgan fingerprint density at radius 1 is 1.50 bits per heavy atom. The van der Waals surface area contributed by atoms with Gasteiger partial charge in [0, 0.05) is 10.4 Å². The number of fused-ring (bicyclic) bond motifs is 1. The zero-order chi connectivity index (χ0) is 10.1. The number of hydrogen-bond acceptors (Lipinski definition) is 2. The molecular formula is C10H10N2OS. The SMILES string of the molecule is Cc1csc2ccc(NC(N)=O)cc12. The number of amides is 2. The molecule has 1 aromatic carbocycles. The highest BCUT2D eigenvalue weighted by atomic mass is 32.1. The minimum atomic E-state index is -0.530. The Hall–Kier alpha value is -1.55. The first-order chi connectivity index (χ1) is 6.66. The Kier molecular flexibility index (Phi) is 2.13. The molecule has 0 aliphatic carbocycles. The van der Waals surface area contributed by atoms with Crippen LogP contribution in [0.2, 0.25) is 0 Å². The Labute approximate surface area is 85.5 Å². The lowest BCUT2D eigenvalue weighted by molar-refractivity contribution is 0.259. The van der Waals surface area contributed by atoms with E-state index in [0.717, 1.165) is 5.69 Å². The molecule has 0 unspecified atom stereocenters. The van der Waals surface area contributed by atoms with Crippen LogP contribution in [0.15, 0.2) is 23.6 Å². The van der Waals surface area contributed by atoms with Crippen LogP contribution in [0.3, 0.4) is 0 Å². The van der Waals surface area contributed by atoms with Crippen molar-refractivity contribution in [1.82, 2.24) is 0 Å². The van der Waals surface area contributed by atoms with Crippen LogP contribution >= 0.6 is 11.3 Å². The Bertz CT molecular complexity index is 490. The van der Waals surface area contributed by atoms with E-state index in [1.807, 2.05) is 25.1 Å². The van der Waals surface area contributed by atoms with Crippen LogP contribution in [0.1, 0.15) is 5.56 Å². The summed E-state index contributed by atoms with van der Waals surface area (Å²) in [6.07, 6.45) is 0. The van der Waals surface area contributed by atoms with Crippen molar-refractivity contribution in [1.29, 1.82) is 0 Å². The predicted molar refractivity (Wildman–Crippen MR) is 59.8 cm³/mol. The monoisotopic (exact) mass is 206 g/mol. The first kappa shape index (κ1) is 9.02. The number of nitrogens with two attached hydrogens (primary N) is 1. The molecule has 0 aliphatic rings. The van der Waals surface area contributed by atoms with E-state index in [1.54, 1.807) is 11.3 Å². The summed E-state index contributed by atoms with van der Waals surface area (Å²) in [5, 5.41) is 5.82. The molecule has 2 aromatic rings. The van der Waals surface area contributed by atoms with Gasteiger partial charge in [0.15, 0.2) is 0 Å². The van der Waals surface area contributed by atoms with Gasteiger partial charge >= 0.3 is 6.03 Å². The number of hydrogen-bond donors (Lipinski definition) is 2. The lowest BCUT2D eigenvalue weighted by Crippen LogP contribution is -2.19. The van der Waals surface area contributed by atoms with E-state index in [9.17, 15) is 4.79 Å². The van der Waals surface area contributed by atoms with Crippen LogP contribution < -0.4 is 11.1 Å². The van der Waals surface area contributed by atoms with Crippen molar-refractivity contribution in [2.24, 2.45) is 5.73 Å². The van der Waals surface area contributed by atoms with E-state index >= 15 is 0 Å². The number of benzene rings is 1. The molecule has 3 nitrogen and oxygen atoms in total. The fraction of sp³-hybridized carbons (Fsp3) is 0.100. The topological polar surface area (TPSA) is 55.1 Å². The largest absolute Gasteiger partial charge is 0.351 e. The second kappa shape index (κ2) is 3.31. The van der Waals surface area contributed by atoms with Crippen molar-refractivity contribution in [2.75, 3.05) is 5.32 Å². The highest BCUT2D eigenvalue weighted by Gasteiger charge is 2.02. The van der Waals surface area contributed by atoms with Gasteiger partial charge in [-0.3, -0.25) is 0 Å². The molecule has 2 amide bonds. The summed E-state index contributed by atoms with van der Waals surface area (Å²) in [6.45, 7) is 2.05. The summed E-state index contributed by atoms with van der Waals surface area (Å²) in [5.74, 6) is 0. The molecule has 4 heteroatoms. The molecule has 72 valence electrons. The predicted octanol–water partition coefficient (Wildman–Crippen LogP) is 2.70. The molecule has 0 atom stereocenters. The van der Waals surface area contributed by atoms with Crippen LogP contribution in [0, 0.1) is 6.92 Å². The summed E-state index contributed by atoms with van der Waals surface area (Å²) >= 11 is 1.70. The highest BCUT2D eigenvalue weighted by Crippen LogP contribution is 2.27. The number of thiophene rings is 1. The first-order valence-corrected chi connectivity index (χ1v) is 5.09. The molecule has 0 spiro atoms. The fourth-order valence-electron chi connectivity index (χ4n) is 1.38. The zero-order valence-corrected chi connectivity index (χ0v) is 8.52. The smallest absolute Gasteiger partial charge is 0.316 e. The lowest BCUT2D eigenvalue weighted by Gasteiger charge is -2.01. The number of aryl methyl sites for hydroxylation is 1. The molecule has 0 aliphatic heterocycles. The van der Waals surface area contributed by atoms with Crippen LogP contribution in [-0.4, -0.2) is 6.03 Å². The van der Waals surface area contributed by atoms with E-state index in [2.05, 4.69) is 10.7 Å². The van der Waals surface area contributed by atoms with Gasteiger partial charge in [0.05, 0.1) is 0 Å². The molecule has 0 fully saturated rings. The summed E-state index contributed by atoms with van der Waals surface area (Å²) in [6, 6.07) is 5.24. The number of anilines is 1. The van der Waals surface area contributed by atoms with Gasteiger partial charge < -0.3 is 11.1 Å². The second-order valence-electron chi connectivity index (χ2n) is 3.12. The van der Waals surface area contributed by atoms with E-state index in [0.29, 0.717) is 0 Å². The molecule has 0 saturated heterocycles. The molecule has 0 bridgehead atoms. The maximum Gasteiger partial charge on any atom is 0.316 e. The third kappa shape index (κ3) is 1.56. The first-order valence-electron chi connectivity index (χ1n) is 4.21. The van der Waals surface area contributed by atoms with Gasteiger partial charge in [-0.2, -0.15) is 0 Å². The maximum atomic E-state index is 10.6. The van der Waals surface area contributed by atoms with E-state index < -0.39 is 6.03 Å². The van der Waals surface area contributed by atoms with Crippen molar-refractivity contribution in [3.05, 3.63) is 29.1 Å². The average molecular weight is 206 g/mol. The van der Waals surface area contributed by atoms with Gasteiger partial charge in [-0.25, -0.2) is 4.79 Å². The summed E-state index contributed by atoms with van der Waals surface area (Å²) < 4.78 is 1.22. The Balaban J connectivity index is 2.49. The van der Waals surface area contributed by atoms with Crippen molar-refractivity contribution in [3.8, 4) is 0 Å². The van der Waals surface area contributed by atoms with Gasteiger partial charge in [-0.05, 0) is 41.5 Å². The van der Waals surface area contributed by atoms with Gasteiger partial charge in [-0.15, -0.1) is 11.3 Å². The van der Waals surface area contributed by atoms with Gasteiger partial charge in [0.2, 0.25) is 0 Å². The van der Waals surface area contributed by atoms with Crippen LogP contribution in [-0.2, 0) is 0 Å². The number of nitrogens with one attached hydrogen (secondary N) is 1. The maximum absolute atomic E-state index is 10.6. The molecule has 0 saturated carbocycles. The van der Waals surface area contributed by atoms with E-state index in [-0.39, 0.29) is 0 Å². The average Bonchev–Trinajstić information content (AvgIpc) is 2.47. The van der Waals surface area contributed by atoms with Crippen molar-refractivity contribution in [2.45, 2.75) is 6.92 Å². The highest BCUT2D eigenvalue weighted by molar-refractivity contribution is 7.17. The van der Waals surface area contributed by atoms with Gasteiger partial charge in [0.25, 0.3) is 0 Å². The zero-order valence-electron chi connectivity index (χ0n) is 7.70. The van der Waals surface area contributed by atoms with Crippen molar-refractivity contribution in [3.63, 3.8) is 0 Å². The summed E-state index contributed by atoms with van der Waals surface area (Å²) in [4.78, 5) is 10.6. The minimum absolute atomic E-state index is 0.530. The normalized spacial score (nSPS) is 10.4. The van der Waals surface area contributed by atoms with Crippen molar-refractivity contribution < 1.29 is 4.79 Å². The van der Waals surface area contributed by atoms with Crippen LogP contribution in [0.25, 0.3) is 10.1 Å². The van der Waals surface area contributed by atoms with Gasteiger partial charge in [-0.1, -0.05) is 0 Å². The van der Waals surface area contributed by atoms with Crippen LogP contribution in [0.5, 0.6) is 0 Å². The number of rotatable bonds is 1. The van der Waals surface area contributed by atoms with Crippen molar-refractivity contribution >= 4 is 33.1 Å². The molecule has 14 heavy (non-hydrogen) atoms. The fourth-order valence-corrected chi connectivity index (χ4v) is 2.30. The molecular weight excluding hydrogens is 196 g/mol. The molecule has 1 aromatic heterocycles. The van der Waals surface area contributed by atoms with Crippen LogP contribution in [0.4, 0.5) is 10.5 Å².